The Morgan fingerprint density at radius 1 is 1.10 bits per heavy atom. The predicted octanol–water partition coefficient (Wildman–Crippen LogP) is 3.50. The van der Waals surface area contributed by atoms with Gasteiger partial charge in [-0.3, -0.25) is 14.1 Å². The van der Waals surface area contributed by atoms with Gasteiger partial charge in [0.05, 0.1) is 22.7 Å². The Bertz CT molecular complexity index is 1430. The fraction of sp³-hybridized carbons (Fsp3) is 0.182. The van der Waals surface area contributed by atoms with Crippen LogP contribution in [-0.4, -0.2) is 25.6 Å². The highest BCUT2D eigenvalue weighted by molar-refractivity contribution is 7.92. The van der Waals surface area contributed by atoms with Crippen molar-refractivity contribution in [2.45, 2.75) is 24.8 Å². The molecule has 0 aliphatic heterocycles. The molecule has 0 radical (unpaired) electrons. The van der Waals surface area contributed by atoms with Gasteiger partial charge in [-0.15, -0.1) is 0 Å². The van der Waals surface area contributed by atoms with E-state index in [2.05, 4.69) is 4.72 Å². The maximum Gasteiger partial charge on any atom is 0.420 e. The van der Waals surface area contributed by atoms with Gasteiger partial charge in [-0.2, -0.15) is 0 Å². The zero-order valence-corrected chi connectivity index (χ0v) is 17.5. The number of ether oxygens (including phenoxy) is 1. The molecule has 0 unspecified atom stereocenters. The van der Waals surface area contributed by atoms with Crippen LogP contribution in [0.4, 0.5) is 5.69 Å². The van der Waals surface area contributed by atoms with E-state index >= 15 is 0 Å². The molecule has 0 amide bonds. The van der Waals surface area contributed by atoms with Gasteiger partial charge in [-0.1, -0.05) is 43.3 Å². The minimum atomic E-state index is -3.95. The van der Waals surface area contributed by atoms with Crippen LogP contribution in [0, 0.1) is 0 Å². The fourth-order valence-corrected chi connectivity index (χ4v) is 4.37. The van der Waals surface area contributed by atoms with Crippen LogP contribution in [0.1, 0.15) is 13.3 Å². The second kappa shape index (κ2) is 8.27. The largest absolute Gasteiger partial charge is 0.464 e. The summed E-state index contributed by atoms with van der Waals surface area (Å²) >= 11 is 0. The number of hydrogen-bond donors (Lipinski definition) is 1. The number of esters is 1. The van der Waals surface area contributed by atoms with Gasteiger partial charge in [0.25, 0.3) is 10.0 Å². The van der Waals surface area contributed by atoms with Gasteiger partial charge in [0, 0.05) is 11.5 Å². The Balaban J connectivity index is 1.66. The Hall–Kier alpha value is -3.59. The maximum atomic E-state index is 13.0. The summed E-state index contributed by atoms with van der Waals surface area (Å²) < 4.78 is 39.8. The number of carbonyl (C=O) groups excluding carboxylic acids is 1. The lowest BCUT2D eigenvalue weighted by Gasteiger charge is -2.11. The fourth-order valence-electron chi connectivity index (χ4n) is 3.27. The Labute approximate surface area is 178 Å². The molecule has 4 rings (SSSR count). The zero-order chi connectivity index (χ0) is 22.0. The Kier molecular flexibility index (Phi) is 5.51. The van der Waals surface area contributed by atoms with Gasteiger partial charge in [0.1, 0.15) is 6.54 Å². The predicted molar refractivity (Wildman–Crippen MR) is 116 cm³/mol. The number of sulfonamides is 1. The number of aromatic nitrogens is 1. The van der Waals surface area contributed by atoms with Crippen LogP contribution in [0.25, 0.3) is 21.9 Å². The van der Waals surface area contributed by atoms with Crippen molar-refractivity contribution in [3.8, 4) is 0 Å². The zero-order valence-electron chi connectivity index (χ0n) is 16.7. The molecule has 0 aliphatic carbocycles. The highest BCUT2D eigenvalue weighted by Crippen LogP contribution is 2.26. The molecule has 1 heterocycles. The number of anilines is 1. The lowest BCUT2D eigenvalue weighted by Crippen LogP contribution is -2.21. The first-order valence-electron chi connectivity index (χ1n) is 9.68. The van der Waals surface area contributed by atoms with Crippen LogP contribution >= 0.6 is 0 Å². The van der Waals surface area contributed by atoms with Crippen LogP contribution in [0.3, 0.4) is 0 Å². The molecule has 1 N–H and O–H groups in total. The van der Waals surface area contributed by atoms with Gasteiger partial charge < -0.3 is 9.15 Å². The van der Waals surface area contributed by atoms with Gasteiger partial charge in [0.15, 0.2) is 5.58 Å². The van der Waals surface area contributed by atoms with Crippen LogP contribution in [-0.2, 0) is 26.1 Å². The molecular weight excluding hydrogens is 420 g/mol. The first kappa shape index (κ1) is 20.7. The van der Waals surface area contributed by atoms with E-state index in [4.69, 9.17) is 9.15 Å². The van der Waals surface area contributed by atoms with E-state index in [1.165, 1.54) is 18.2 Å². The van der Waals surface area contributed by atoms with Crippen LogP contribution in [0.15, 0.2) is 74.8 Å². The molecule has 1 aromatic heterocycles. The van der Waals surface area contributed by atoms with Crippen molar-refractivity contribution in [3.63, 3.8) is 0 Å². The molecule has 31 heavy (non-hydrogen) atoms. The van der Waals surface area contributed by atoms with Crippen LogP contribution in [0.2, 0.25) is 0 Å². The molecule has 0 atom stereocenters. The van der Waals surface area contributed by atoms with E-state index in [0.29, 0.717) is 17.6 Å². The third kappa shape index (κ3) is 4.17. The number of carbonyl (C=O) groups is 1. The lowest BCUT2D eigenvalue weighted by atomic mass is 10.1. The quantitative estimate of drug-likeness (QED) is 0.441. The summed E-state index contributed by atoms with van der Waals surface area (Å²) in [6, 6.07) is 16.8. The van der Waals surface area contributed by atoms with Gasteiger partial charge in [-0.05, 0) is 30.0 Å². The van der Waals surface area contributed by atoms with E-state index < -0.39 is 21.7 Å². The number of rotatable bonds is 7. The number of fused-ring (bicyclic) bond motifs is 2. The van der Waals surface area contributed by atoms with Crippen molar-refractivity contribution in [2.75, 3.05) is 11.3 Å². The van der Waals surface area contributed by atoms with Crippen molar-refractivity contribution in [1.29, 1.82) is 0 Å². The number of benzene rings is 3. The molecule has 0 spiro atoms. The highest BCUT2D eigenvalue weighted by atomic mass is 32.2. The summed E-state index contributed by atoms with van der Waals surface area (Å²) in [7, 11) is -3.95. The minimum absolute atomic E-state index is 0.0640. The third-order valence-electron chi connectivity index (χ3n) is 4.74. The first-order valence-corrected chi connectivity index (χ1v) is 11.2. The number of nitrogens with zero attached hydrogens (tertiary/aromatic N) is 1. The van der Waals surface area contributed by atoms with Crippen molar-refractivity contribution >= 4 is 43.6 Å². The average Bonchev–Trinajstić information content (AvgIpc) is 3.06. The summed E-state index contributed by atoms with van der Waals surface area (Å²) in [6.07, 6.45) is 0.664. The van der Waals surface area contributed by atoms with Crippen LogP contribution in [0.5, 0.6) is 0 Å². The number of oxazole rings is 1. The van der Waals surface area contributed by atoms with Gasteiger partial charge in [-0.25, -0.2) is 13.2 Å². The summed E-state index contributed by atoms with van der Waals surface area (Å²) in [5.74, 6) is -1.33. The molecule has 0 saturated carbocycles. The second-order valence-corrected chi connectivity index (χ2v) is 8.62. The Morgan fingerprint density at radius 3 is 2.68 bits per heavy atom. The van der Waals surface area contributed by atoms with E-state index in [-0.39, 0.29) is 23.6 Å². The SMILES string of the molecule is CCCOC(=O)Cn1c(=O)oc2cc(S(=O)(=O)Nc3cccc4ccccc34)ccc21. The lowest BCUT2D eigenvalue weighted by molar-refractivity contribution is -0.144. The molecule has 0 aliphatic rings. The van der Waals surface area contributed by atoms with Crippen molar-refractivity contribution in [1.82, 2.24) is 4.57 Å². The van der Waals surface area contributed by atoms with E-state index in [9.17, 15) is 18.0 Å². The molecule has 8 nitrogen and oxygen atoms in total. The molecule has 9 heteroatoms. The average molecular weight is 440 g/mol. The molecule has 0 fully saturated rings. The normalized spacial score (nSPS) is 11.6. The van der Waals surface area contributed by atoms with Crippen molar-refractivity contribution in [3.05, 3.63) is 71.2 Å². The second-order valence-electron chi connectivity index (χ2n) is 6.94. The summed E-state index contributed by atoms with van der Waals surface area (Å²) in [4.78, 5) is 24.0. The van der Waals surface area contributed by atoms with Gasteiger partial charge in [0.2, 0.25) is 0 Å². The van der Waals surface area contributed by atoms with E-state index in [1.807, 2.05) is 37.3 Å². The monoisotopic (exact) mass is 440 g/mol. The van der Waals surface area contributed by atoms with Crippen molar-refractivity contribution < 1.29 is 22.4 Å². The third-order valence-corrected chi connectivity index (χ3v) is 6.10. The maximum absolute atomic E-state index is 13.0. The topological polar surface area (TPSA) is 108 Å². The summed E-state index contributed by atoms with van der Waals surface area (Å²) in [5.41, 5.74) is 0.813. The molecule has 0 bridgehead atoms. The molecular formula is C22H20N2O6S. The molecule has 4 aromatic rings. The van der Waals surface area contributed by atoms with Crippen molar-refractivity contribution in [2.24, 2.45) is 0 Å². The highest BCUT2D eigenvalue weighted by Gasteiger charge is 2.20. The summed E-state index contributed by atoms with van der Waals surface area (Å²) in [5, 5.41) is 1.66. The Morgan fingerprint density at radius 2 is 1.87 bits per heavy atom. The van der Waals surface area contributed by atoms with Crippen LogP contribution < -0.4 is 10.5 Å². The molecule has 160 valence electrons. The number of hydrogen-bond acceptors (Lipinski definition) is 6. The molecule has 3 aromatic carbocycles. The minimum Gasteiger partial charge on any atom is -0.464 e. The first-order chi connectivity index (χ1) is 14.9. The van der Waals surface area contributed by atoms with E-state index in [0.717, 1.165) is 15.3 Å². The summed E-state index contributed by atoms with van der Waals surface area (Å²) in [6.45, 7) is 1.80. The van der Waals surface area contributed by atoms with Gasteiger partial charge >= 0.3 is 11.7 Å². The molecule has 0 saturated heterocycles. The standard InChI is InChI=1S/C22H20N2O6S/c1-2-12-29-21(25)14-24-19-11-10-16(13-20(19)30-22(24)26)31(27,28)23-18-9-5-7-15-6-3-4-8-17(15)18/h3-11,13,23H,2,12,14H2,1H3. The number of nitrogens with one attached hydrogen (secondary N) is 1. The smallest absolute Gasteiger partial charge is 0.420 e. The van der Waals surface area contributed by atoms with E-state index in [1.54, 1.807) is 12.1 Å².